The largest absolute Gasteiger partial charge is 0.464 e. The average Bonchev–Trinajstić information content (AvgIpc) is 3.04. The Morgan fingerprint density at radius 1 is 1.14 bits per heavy atom. The van der Waals surface area contributed by atoms with E-state index in [1.807, 2.05) is 78.4 Å². The van der Waals surface area contributed by atoms with E-state index in [2.05, 4.69) is 5.10 Å². The van der Waals surface area contributed by atoms with Gasteiger partial charge in [0.2, 0.25) is 0 Å². The summed E-state index contributed by atoms with van der Waals surface area (Å²) in [5.74, 6) is -0.460. The molecule has 0 fully saturated rings. The second-order valence-corrected chi connectivity index (χ2v) is 7.56. The number of rotatable bonds is 3. The number of anilines is 1. The maximum absolute atomic E-state index is 13.5. The predicted molar refractivity (Wildman–Crippen MR) is 107 cm³/mol. The van der Waals surface area contributed by atoms with Crippen molar-refractivity contribution in [1.29, 1.82) is 0 Å². The molecule has 1 amide bonds. The van der Waals surface area contributed by atoms with Crippen LogP contribution in [0.5, 0.6) is 0 Å². The smallest absolute Gasteiger partial charge is 0.354 e. The van der Waals surface area contributed by atoms with E-state index in [9.17, 15) is 9.59 Å². The van der Waals surface area contributed by atoms with Gasteiger partial charge < -0.3 is 9.64 Å². The molecule has 4 rings (SSSR count). The van der Waals surface area contributed by atoms with Crippen molar-refractivity contribution < 1.29 is 14.3 Å². The molecule has 2 aromatic carbocycles. The zero-order valence-electron chi connectivity index (χ0n) is 16.3. The molecule has 144 valence electrons. The van der Waals surface area contributed by atoms with Gasteiger partial charge in [0.25, 0.3) is 5.91 Å². The maximum atomic E-state index is 13.5. The van der Waals surface area contributed by atoms with Crippen LogP contribution in [0, 0.1) is 0 Å². The lowest BCUT2D eigenvalue weighted by Crippen LogP contribution is -2.49. The molecule has 0 saturated carbocycles. The van der Waals surface area contributed by atoms with Crippen molar-refractivity contribution in [1.82, 2.24) is 4.90 Å². The molecule has 0 saturated heterocycles. The first-order chi connectivity index (χ1) is 13.4. The Hall–Kier alpha value is -3.15. The lowest BCUT2D eigenvalue weighted by atomic mass is 9.93. The van der Waals surface area contributed by atoms with E-state index in [1.54, 1.807) is 0 Å². The number of benzene rings is 2. The highest BCUT2D eigenvalue weighted by Gasteiger charge is 2.48. The van der Waals surface area contributed by atoms with E-state index < -0.39 is 11.5 Å². The minimum Gasteiger partial charge on any atom is -0.464 e. The van der Waals surface area contributed by atoms with Crippen LogP contribution in [0.4, 0.5) is 5.69 Å². The Kier molecular flexibility index (Phi) is 4.41. The SMILES string of the molecule is COC(=O)C1=NN2c3ccccc3C(=O)N([C@@H](C)c3ccccc3)C[C@@]2(C)C1. The molecule has 2 aliphatic heterocycles. The number of methoxy groups -OCH3 is 1. The molecule has 2 atom stereocenters. The van der Waals surface area contributed by atoms with Crippen LogP contribution in [0.25, 0.3) is 0 Å². The molecule has 6 nitrogen and oxygen atoms in total. The van der Waals surface area contributed by atoms with Gasteiger partial charge in [0.05, 0.1) is 29.9 Å². The maximum Gasteiger partial charge on any atom is 0.354 e. The first-order valence-electron chi connectivity index (χ1n) is 9.35. The summed E-state index contributed by atoms with van der Waals surface area (Å²) < 4.78 is 4.89. The molecular weight excluding hydrogens is 354 g/mol. The summed E-state index contributed by atoms with van der Waals surface area (Å²) in [5.41, 5.74) is 2.22. The van der Waals surface area contributed by atoms with E-state index in [-0.39, 0.29) is 11.9 Å². The monoisotopic (exact) mass is 377 g/mol. The predicted octanol–water partition coefficient (Wildman–Crippen LogP) is 3.40. The van der Waals surface area contributed by atoms with Crippen LogP contribution in [-0.4, -0.2) is 41.7 Å². The zero-order valence-corrected chi connectivity index (χ0v) is 16.3. The van der Waals surface area contributed by atoms with Gasteiger partial charge >= 0.3 is 5.97 Å². The van der Waals surface area contributed by atoms with Gasteiger partial charge in [0.15, 0.2) is 0 Å². The third-order valence-corrected chi connectivity index (χ3v) is 5.59. The van der Waals surface area contributed by atoms with E-state index in [0.717, 1.165) is 11.3 Å². The molecule has 2 aromatic rings. The van der Waals surface area contributed by atoms with Gasteiger partial charge in [0, 0.05) is 13.0 Å². The number of hydrogen-bond donors (Lipinski definition) is 0. The molecule has 0 aromatic heterocycles. The highest BCUT2D eigenvalue weighted by molar-refractivity contribution is 6.37. The third-order valence-electron chi connectivity index (χ3n) is 5.59. The summed E-state index contributed by atoms with van der Waals surface area (Å²) in [5, 5.41) is 6.38. The van der Waals surface area contributed by atoms with Crippen LogP contribution in [0.2, 0.25) is 0 Å². The minimum absolute atomic E-state index is 0.0302. The number of esters is 1. The van der Waals surface area contributed by atoms with Gasteiger partial charge in [0.1, 0.15) is 5.71 Å². The number of hydrazone groups is 1. The van der Waals surface area contributed by atoms with E-state index in [0.29, 0.717) is 24.2 Å². The number of amides is 1. The van der Waals surface area contributed by atoms with Crippen molar-refractivity contribution in [2.45, 2.75) is 31.8 Å². The molecule has 0 N–H and O–H groups in total. The highest BCUT2D eigenvalue weighted by Crippen LogP contribution is 2.41. The molecule has 0 radical (unpaired) electrons. The third kappa shape index (κ3) is 2.85. The number of carbonyl (C=O) groups excluding carboxylic acids is 2. The van der Waals surface area contributed by atoms with Crippen LogP contribution in [0.15, 0.2) is 59.7 Å². The standard InChI is InChI=1S/C22H23N3O3/c1-15(16-9-5-4-6-10-16)24-14-22(2)13-18(21(27)28-3)23-25(22)19-12-8-7-11-17(19)20(24)26/h4-12,15H,13-14H2,1-3H3/t15-,22+/m0/s1. The first kappa shape index (κ1) is 18.2. The van der Waals surface area contributed by atoms with E-state index in [1.165, 1.54) is 7.11 Å². The number of para-hydroxylation sites is 1. The molecule has 0 spiro atoms. The van der Waals surface area contributed by atoms with Crippen molar-refractivity contribution in [3.05, 3.63) is 65.7 Å². The van der Waals surface area contributed by atoms with E-state index in [4.69, 9.17) is 4.74 Å². The van der Waals surface area contributed by atoms with Gasteiger partial charge in [-0.2, -0.15) is 5.10 Å². The lowest BCUT2D eigenvalue weighted by molar-refractivity contribution is -0.132. The number of nitrogens with zero attached hydrogens (tertiary/aromatic N) is 3. The van der Waals surface area contributed by atoms with Crippen LogP contribution in [0.1, 0.15) is 42.2 Å². The van der Waals surface area contributed by atoms with Crippen LogP contribution >= 0.6 is 0 Å². The quantitative estimate of drug-likeness (QED) is 0.769. The fourth-order valence-corrected chi connectivity index (χ4v) is 4.07. The summed E-state index contributed by atoms with van der Waals surface area (Å²) in [6.45, 7) is 4.51. The summed E-state index contributed by atoms with van der Waals surface area (Å²) in [7, 11) is 1.36. The normalized spacial score (nSPS) is 22.1. The Labute approximate surface area is 164 Å². The molecule has 0 aliphatic carbocycles. The topological polar surface area (TPSA) is 62.2 Å². The van der Waals surface area contributed by atoms with Gasteiger partial charge in [-0.05, 0) is 31.5 Å². The van der Waals surface area contributed by atoms with Crippen LogP contribution in [-0.2, 0) is 9.53 Å². The molecular formula is C22H23N3O3. The van der Waals surface area contributed by atoms with Gasteiger partial charge in [-0.15, -0.1) is 0 Å². The van der Waals surface area contributed by atoms with Crippen LogP contribution < -0.4 is 5.01 Å². The zero-order chi connectivity index (χ0) is 19.9. The summed E-state index contributed by atoms with van der Waals surface area (Å²) >= 11 is 0. The molecule has 0 unspecified atom stereocenters. The van der Waals surface area contributed by atoms with Crippen molar-refractivity contribution in [2.24, 2.45) is 5.10 Å². The summed E-state index contributed by atoms with van der Waals surface area (Å²) in [6, 6.07) is 17.3. The second-order valence-electron chi connectivity index (χ2n) is 7.56. The van der Waals surface area contributed by atoms with Crippen LogP contribution in [0.3, 0.4) is 0 Å². The van der Waals surface area contributed by atoms with Gasteiger partial charge in [-0.1, -0.05) is 42.5 Å². The number of hydrogen-bond acceptors (Lipinski definition) is 5. The Morgan fingerprint density at radius 3 is 2.54 bits per heavy atom. The van der Waals surface area contributed by atoms with E-state index >= 15 is 0 Å². The second kappa shape index (κ2) is 6.78. The van der Waals surface area contributed by atoms with Gasteiger partial charge in [-0.3, -0.25) is 9.80 Å². The summed E-state index contributed by atoms with van der Waals surface area (Å²) in [6.07, 6.45) is 0.416. The van der Waals surface area contributed by atoms with Crippen molar-refractivity contribution in [3.63, 3.8) is 0 Å². The van der Waals surface area contributed by atoms with Crippen molar-refractivity contribution in [2.75, 3.05) is 18.7 Å². The molecule has 2 heterocycles. The fraction of sp³-hybridized carbons (Fsp3) is 0.318. The molecule has 0 bridgehead atoms. The number of ether oxygens (including phenoxy) is 1. The molecule has 6 heteroatoms. The van der Waals surface area contributed by atoms with Crippen molar-refractivity contribution >= 4 is 23.3 Å². The lowest BCUT2D eigenvalue weighted by Gasteiger charge is -2.37. The highest BCUT2D eigenvalue weighted by atomic mass is 16.5. The first-order valence-corrected chi connectivity index (χ1v) is 9.35. The molecule has 2 aliphatic rings. The van der Waals surface area contributed by atoms with Crippen molar-refractivity contribution in [3.8, 4) is 0 Å². The average molecular weight is 377 g/mol. The fourth-order valence-electron chi connectivity index (χ4n) is 4.07. The minimum atomic E-state index is -0.533. The number of fused-ring (bicyclic) bond motifs is 3. The number of carbonyl (C=O) groups is 2. The molecule has 28 heavy (non-hydrogen) atoms. The Morgan fingerprint density at radius 2 is 1.82 bits per heavy atom. The van der Waals surface area contributed by atoms with Gasteiger partial charge in [-0.25, -0.2) is 4.79 Å². The Bertz CT molecular complexity index is 957. The Balaban J connectivity index is 1.81. The summed E-state index contributed by atoms with van der Waals surface area (Å²) in [4.78, 5) is 27.5.